The molecule has 6 nitrogen and oxygen atoms in total. The van der Waals surface area contributed by atoms with Gasteiger partial charge in [-0.25, -0.2) is 0 Å². The average Bonchev–Trinajstić information content (AvgIpc) is 3.28. The Kier molecular flexibility index (Phi) is 6.19. The molecule has 0 fully saturated rings. The molecule has 0 aliphatic rings. The predicted molar refractivity (Wildman–Crippen MR) is 103 cm³/mol. The smallest absolute Gasteiger partial charge is 0.286 e. The van der Waals surface area contributed by atoms with Crippen LogP contribution in [0.2, 0.25) is 5.02 Å². The molecule has 1 amide bonds. The van der Waals surface area contributed by atoms with Crippen LogP contribution in [0, 0.1) is 13.8 Å². The summed E-state index contributed by atoms with van der Waals surface area (Å²) in [7, 11) is 0. The zero-order valence-electron chi connectivity index (χ0n) is 15.4. The summed E-state index contributed by atoms with van der Waals surface area (Å²) in [5.74, 6) is 1.45. The molecule has 2 heterocycles. The van der Waals surface area contributed by atoms with Crippen molar-refractivity contribution in [3.63, 3.8) is 0 Å². The first-order chi connectivity index (χ1) is 13.0. The number of carbonyl (C=O) groups is 1. The monoisotopic (exact) mass is 387 g/mol. The second kappa shape index (κ2) is 8.77. The van der Waals surface area contributed by atoms with E-state index in [4.69, 9.17) is 20.8 Å². The lowest BCUT2D eigenvalue weighted by Crippen LogP contribution is -2.24. The van der Waals surface area contributed by atoms with Gasteiger partial charge in [0.1, 0.15) is 18.1 Å². The Morgan fingerprint density at radius 3 is 2.93 bits per heavy atom. The highest BCUT2D eigenvalue weighted by atomic mass is 35.5. The van der Waals surface area contributed by atoms with Crippen LogP contribution in [-0.2, 0) is 13.2 Å². The Labute approximate surface area is 163 Å². The number of carbonyl (C=O) groups excluding carboxylic acids is 1. The molecular weight excluding hydrogens is 366 g/mol. The topological polar surface area (TPSA) is 69.3 Å². The van der Waals surface area contributed by atoms with Crippen molar-refractivity contribution in [2.24, 2.45) is 0 Å². The zero-order chi connectivity index (χ0) is 19.2. The number of nitrogens with zero attached hydrogens (tertiary/aromatic N) is 2. The molecule has 27 heavy (non-hydrogen) atoms. The lowest BCUT2D eigenvalue weighted by Gasteiger charge is -2.08. The van der Waals surface area contributed by atoms with Gasteiger partial charge in [-0.15, -0.1) is 0 Å². The van der Waals surface area contributed by atoms with Crippen LogP contribution in [0.3, 0.4) is 0 Å². The molecule has 0 aliphatic carbocycles. The van der Waals surface area contributed by atoms with E-state index in [0.29, 0.717) is 23.9 Å². The second-order valence-electron chi connectivity index (χ2n) is 6.35. The summed E-state index contributed by atoms with van der Waals surface area (Å²) in [5.41, 5.74) is 2.19. The van der Waals surface area contributed by atoms with Crippen molar-refractivity contribution in [2.75, 3.05) is 6.54 Å². The Bertz CT molecular complexity index is 917. The first-order valence-electron chi connectivity index (χ1n) is 8.76. The first kappa shape index (κ1) is 19.0. The van der Waals surface area contributed by atoms with Gasteiger partial charge in [-0.3, -0.25) is 9.48 Å². The number of hydrogen-bond donors (Lipinski definition) is 1. The number of amides is 1. The van der Waals surface area contributed by atoms with E-state index in [1.807, 2.05) is 32.0 Å². The molecule has 0 unspecified atom stereocenters. The van der Waals surface area contributed by atoms with Crippen LogP contribution in [-0.4, -0.2) is 22.2 Å². The second-order valence-corrected chi connectivity index (χ2v) is 6.79. The highest BCUT2D eigenvalue weighted by Gasteiger charge is 2.11. The van der Waals surface area contributed by atoms with Crippen LogP contribution in [0.25, 0.3) is 0 Å². The fraction of sp³-hybridized carbons (Fsp3) is 0.300. The fourth-order valence-electron chi connectivity index (χ4n) is 2.58. The minimum atomic E-state index is -0.244. The lowest BCUT2D eigenvalue weighted by molar-refractivity contribution is 0.0920. The van der Waals surface area contributed by atoms with E-state index in [1.54, 1.807) is 29.2 Å². The van der Waals surface area contributed by atoms with Crippen molar-refractivity contribution >= 4 is 17.5 Å². The fourth-order valence-corrected chi connectivity index (χ4v) is 2.74. The van der Waals surface area contributed by atoms with Crippen LogP contribution >= 0.6 is 11.6 Å². The molecule has 2 aromatic heterocycles. The number of aromatic nitrogens is 2. The molecule has 1 N–H and O–H groups in total. The van der Waals surface area contributed by atoms with Gasteiger partial charge < -0.3 is 14.5 Å². The number of nitrogens with one attached hydrogen (secondary N) is 1. The predicted octanol–water partition coefficient (Wildman–Crippen LogP) is 4.15. The van der Waals surface area contributed by atoms with E-state index in [1.165, 1.54) is 0 Å². The summed E-state index contributed by atoms with van der Waals surface area (Å²) >= 11 is 5.81. The molecule has 7 heteroatoms. The third kappa shape index (κ3) is 5.37. The molecule has 0 aliphatic heterocycles. The van der Waals surface area contributed by atoms with Gasteiger partial charge in [0.15, 0.2) is 5.76 Å². The van der Waals surface area contributed by atoms with Gasteiger partial charge in [0, 0.05) is 19.3 Å². The van der Waals surface area contributed by atoms with Crippen molar-refractivity contribution < 1.29 is 13.9 Å². The van der Waals surface area contributed by atoms with Gasteiger partial charge in [-0.1, -0.05) is 23.7 Å². The SMILES string of the molecule is Cc1ccc(C)c(OCc2ccc(C(=O)NCCCn3cc(Cl)cn3)o2)c1. The molecule has 0 radical (unpaired) electrons. The number of halogens is 1. The van der Waals surface area contributed by atoms with Gasteiger partial charge in [0.2, 0.25) is 0 Å². The van der Waals surface area contributed by atoms with Crippen molar-refractivity contribution in [3.05, 3.63) is 70.4 Å². The number of furan rings is 1. The molecule has 0 spiro atoms. The molecule has 0 bridgehead atoms. The van der Waals surface area contributed by atoms with Crippen molar-refractivity contribution in [3.8, 4) is 5.75 Å². The number of aryl methyl sites for hydroxylation is 3. The maximum absolute atomic E-state index is 12.2. The summed E-state index contributed by atoms with van der Waals surface area (Å²) in [6.07, 6.45) is 4.08. The average molecular weight is 388 g/mol. The maximum Gasteiger partial charge on any atom is 0.286 e. The van der Waals surface area contributed by atoms with E-state index >= 15 is 0 Å². The van der Waals surface area contributed by atoms with E-state index < -0.39 is 0 Å². The number of hydrogen-bond acceptors (Lipinski definition) is 4. The Morgan fingerprint density at radius 1 is 1.30 bits per heavy atom. The number of ether oxygens (including phenoxy) is 1. The van der Waals surface area contributed by atoms with Crippen LogP contribution < -0.4 is 10.1 Å². The van der Waals surface area contributed by atoms with Gasteiger partial charge >= 0.3 is 0 Å². The third-order valence-corrected chi connectivity index (χ3v) is 4.25. The van der Waals surface area contributed by atoms with Crippen molar-refractivity contribution in [2.45, 2.75) is 33.4 Å². The summed E-state index contributed by atoms with van der Waals surface area (Å²) < 4.78 is 13.1. The molecule has 0 atom stereocenters. The summed E-state index contributed by atoms with van der Waals surface area (Å²) in [5, 5.41) is 7.52. The standard InChI is InChI=1S/C20H22ClN3O3/c1-14-4-5-15(2)19(10-14)26-13-17-6-7-18(27-17)20(25)22-8-3-9-24-12-16(21)11-23-24/h4-7,10-12H,3,8-9,13H2,1-2H3,(H,22,25). The number of rotatable bonds is 8. The van der Waals surface area contributed by atoms with E-state index in [2.05, 4.69) is 10.4 Å². The lowest BCUT2D eigenvalue weighted by atomic mass is 10.1. The quantitative estimate of drug-likeness (QED) is 0.589. The first-order valence-corrected chi connectivity index (χ1v) is 9.14. The molecule has 3 aromatic rings. The van der Waals surface area contributed by atoms with Gasteiger partial charge in [-0.2, -0.15) is 5.10 Å². The molecule has 0 saturated carbocycles. The van der Waals surface area contributed by atoms with Gasteiger partial charge in [0.05, 0.1) is 11.2 Å². The van der Waals surface area contributed by atoms with Crippen molar-refractivity contribution in [1.29, 1.82) is 0 Å². The van der Waals surface area contributed by atoms with Crippen LogP contribution in [0.5, 0.6) is 5.75 Å². The van der Waals surface area contributed by atoms with E-state index in [9.17, 15) is 4.79 Å². The number of benzene rings is 1. The Morgan fingerprint density at radius 2 is 2.15 bits per heavy atom. The Hall–Kier alpha value is -2.73. The highest BCUT2D eigenvalue weighted by Crippen LogP contribution is 2.21. The Balaban J connectivity index is 1.45. The molecule has 0 saturated heterocycles. The normalized spacial score (nSPS) is 10.8. The maximum atomic E-state index is 12.2. The molecule has 142 valence electrons. The van der Waals surface area contributed by atoms with Crippen LogP contribution in [0.1, 0.15) is 33.9 Å². The van der Waals surface area contributed by atoms with E-state index in [0.717, 1.165) is 23.3 Å². The minimum absolute atomic E-state index is 0.244. The molecular formula is C20H22ClN3O3. The van der Waals surface area contributed by atoms with Crippen molar-refractivity contribution in [1.82, 2.24) is 15.1 Å². The van der Waals surface area contributed by atoms with Gasteiger partial charge in [-0.05, 0) is 49.6 Å². The van der Waals surface area contributed by atoms with E-state index in [-0.39, 0.29) is 18.3 Å². The minimum Gasteiger partial charge on any atom is -0.485 e. The van der Waals surface area contributed by atoms with Crippen LogP contribution in [0.15, 0.2) is 47.1 Å². The summed E-state index contributed by atoms with van der Waals surface area (Å²) in [6.45, 7) is 5.48. The third-order valence-electron chi connectivity index (χ3n) is 4.05. The van der Waals surface area contributed by atoms with Gasteiger partial charge in [0.25, 0.3) is 5.91 Å². The summed E-state index contributed by atoms with van der Waals surface area (Å²) in [6, 6.07) is 9.45. The highest BCUT2D eigenvalue weighted by molar-refractivity contribution is 6.30. The largest absolute Gasteiger partial charge is 0.485 e. The zero-order valence-corrected chi connectivity index (χ0v) is 16.1. The molecule has 3 rings (SSSR count). The molecule has 1 aromatic carbocycles. The van der Waals surface area contributed by atoms with Crippen LogP contribution in [0.4, 0.5) is 0 Å². The summed E-state index contributed by atoms with van der Waals surface area (Å²) in [4.78, 5) is 12.2.